The highest BCUT2D eigenvalue weighted by Crippen LogP contribution is 2.05. The van der Waals surface area contributed by atoms with Crippen LogP contribution in [0.4, 0.5) is 5.69 Å². The highest BCUT2D eigenvalue weighted by Gasteiger charge is 2.08. The summed E-state index contributed by atoms with van der Waals surface area (Å²) in [6.07, 6.45) is 2.62. The first-order valence-electron chi connectivity index (χ1n) is 6.15. The van der Waals surface area contributed by atoms with Gasteiger partial charge in [-0.3, -0.25) is 20.4 Å². The zero-order valence-electron chi connectivity index (χ0n) is 10.9. The first kappa shape index (κ1) is 14.9. The number of nitrogens with zero attached hydrogens (tertiary/aromatic N) is 1. The van der Waals surface area contributed by atoms with E-state index in [4.69, 9.17) is 5.84 Å². The molecule has 0 saturated heterocycles. The van der Waals surface area contributed by atoms with Gasteiger partial charge in [0, 0.05) is 25.7 Å². The van der Waals surface area contributed by atoms with E-state index in [2.05, 4.69) is 21.0 Å². The molecule has 7 heteroatoms. The van der Waals surface area contributed by atoms with Gasteiger partial charge in [0.15, 0.2) is 0 Å². The molecule has 5 N–H and O–H groups in total. The summed E-state index contributed by atoms with van der Waals surface area (Å²) in [6.45, 7) is 2.90. The molecule has 0 aliphatic heterocycles. The highest BCUT2D eigenvalue weighted by molar-refractivity contribution is 5.93. The van der Waals surface area contributed by atoms with Crippen molar-refractivity contribution in [3.63, 3.8) is 0 Å². The van der Waals surface area contributed by atoms with E-state index in [0.717, 1.165) is 6.42 Å². The Morgan fingerprint density at radius 1 is 1.32 bits per heavy atom. The lowest BCUT2D eigenvalue weighted by molar-refractivity contribution is -0.120. The quantitative estimate of drug-likeness (QED) is 0.410. The van der Waals surface area contributed by atoms with Crippen molar-refractivity contribution in [3.05, 3.63) is 24.0 Å². The van der Waals surface area contributed by atoms with Gasteiger partial charge in [0.1, 0.15) is 5.69 Å². The molecule has 0 spiro atoms. The molecule has 0 aliphatic carbocycles. The van der Waals surface area contributed by atoms with Crippen molar-refractivity contribution in [1.82, 2.24) is 15.6 Å². The number of carbonyl (C=O) groups is 2. The predicted molar refractivity (Wildman–Crippen MR) is 72.3 cm³/mol. The summed E-state index contributed by atoms with van der Waals surface area (Å²) in [6, 6.07) is 3.18. The maximum absolute atomic E-state index is 11.7. The fourth-order valence-electron chi connectivity index (χ4n) is 1.38. The number of hydrogen-bond acceptors (Lipinski definition) is 5. The number of hydrazine groups is 1. The maximum atomic E-state index is 11.7. The van der Waals surface area contributed by atoms with Crippen LogP contribution in [0.3, 0.4) is 0 Å². The largest absolute Gasteiger partial charge is 0.356 e. The molecule has 104 valence electrons. The lowest BCUT2D eigenvalue weighted by atomic mass is 10.3. The number of aromatic nitrogens is 1. The Morgan fingerprint density at radius 2 is 2.11 bits per heavy atom. The van der Waals surface area contributed by atoms with Gasteiger partial charge in [0.25, 0.3) is 5.91 Å². The van der Waals surface area contributed by atoms with Crippen LogP contribution in [-0.4, -0.2) is 29.9 Å². The summed E-state index contributed by atoms with van der Waals surface area (Å²) >= 11 is 0. The summed E-state index contributed by atoms with van der Waals surface area (Å²) in [5.41, 5.74) is 3.29. The molecular weight excluding hydrogens is 246 g/mol. The Balaban J connectivity index is 2.36. The molecule has 0 bridgehead atoms. The van der Waals surface area contributed by atoms with Gasteiger partial charge in [0.05, 0.1) is 5.69 Å². The molecule has 19 heavy (non-hydrogen) atoms. The van der Waals surface area contributed by atoms with Crippen molar-refractivity contribution in [3.8, 4) is 0 Å². The minimum absolute atomic E-state index is 0.0764. The Hall–Kier alpha value is -2.15. The fourth-order valence-corrected chi connectivity index (χ4v) is 1.38. The monoisotopic (exact) mass is 265 g/mol. The Bertz CT molecular complexity index is 436. The van der Waals surface area contributed by atoms with Crippen molar-refractivity contribution in [2.75, 3.05) is 18.5 Å². The van der Waals surface area contributed by atoms with Crippen molar-refractivity contribution >= 4 is 17.5 Å². The van der Waals surface area contributed by atoms with Crippen molar-refractivity contribution in [1.29, 1.82) is 0 Å². The molecule has 7 nitrogen and oxygen atoms in total. The van der Waals surface area contributed by atoms with Gasteiger partial charge in [0.2, 0.25) is 5.91 Å². The molecule has 0 aliphatic rings. The normalized spacial score (nSPS) is 9.79. The second-order valence-corrected chi connectivity index (χ2v) is 3.93. The summed E-state index contributed by atoms with van der Waals surface area (Å²) in [5, 5.41) is 5.36. The second-order valence-electron chi connectivity index (χ2n) is 3.93. The van der Waals surface area contributed by atoms with Crippen LogP contribution >= 0.6 is 0 Å². The molecule has 1 rings (SSSR count). The van der Waals surface area contributed by atoms with Crippen LogP contribution in [-0.2, 0) is 4.79 Å². The van der Waals surface area contributed by atoms with E-state index in [1.165, 1.54) is 12.3 Å². The Kier molecular flexibility index (Phi) is 6.31. The molecule has 1 heterocycles. The fraction of sp³-hybridized carbons (Fsp3) is 0.417. The molecule has 0 radical (unpaired) electrons. The minimum Gasteiger partial charge on any atom is -0.356 e. The van der Waals surface area contributed by atoms with Gasteiger partial charge in [-0.15, -0.1) is 0 Å². The number of nitrogen functional groups attached to an aromatic ring is 1. The molecule has 0 unspecified atom stereocenters. The SMILES string of the molecule is CCCNC(=O)CCNC(=O)c1cc(NN)ccn1. The van der Waals surface area contributed by atoms with Crippen LogP contribution in [0.25, 0.3) is 0 Å². The van der Waals surface area contributed by atoms with Gasteiger partial charge in [-0.1, -0.05) is 6.92 Å². The number of rotatable bonds is 7. The number of nitrogens with one attached hydrogen (secondary N) is 3. The van der Waals surface area contributed by atoms with Crippen molar-refractivity contribution in [2.24, 2.45) is 5.84 Å². The number of amides is 2. The smallest absolute Gasteiger partial charge is 0.269 e. The molecule has 2 amide bonds. The lowest BCUT2D eigenvalue weighted by Crippen LogP contribution is -2.31. The van der Waals surface area contributed by atoms with Gasteiger partial charge in [-0.2, -0.15) is 0 Å². The van der Waals surface area contributed by atoms with Crippen molar-refractivity contribution in [2.45, 2.75) is 19.8 Å². The van der Waals surface area contributed by atoms with E-state index in [-0.39, 0.29) is 30.5 Å². The average molecular weight is 265 g/mol. The van der Waals surface area contributed by atoms with E-state index >= 15 is 0 Å². The predicted octanol–water partition coefficient (Wildman–Crippen LogP) is 0.0133. The van der Waals surface area contributed by atoms with Crippen LogP contribution in [0, 0.1) is 0 Å². The standard InChI is InChI=1S/C12H19N5O2/c1-2-5-15-11(18)4-7-16-12(19)10-8-9(17-13)3-6-14-10/h3,6,8H,2,4-5,7,13H2,1H3,(H,14,17)(H,15,18)(H,16,19). The zero-order valence-corrected chi connectivity index (χ0v) is 10.9. The molecule has 0 saturated carbocycles. The second kappa shape index (κ2) is 8.04. The third-order valence-corrected chi connectivity index (χ3v) is 2.37. The summed E-state index contributed by atoms with van der Waals surface area (Å²) < 4.78 is 0. The third kappa shape index (κ3) is 5.35. The van der Waals surface area contributed by atoms with Gasteiger partial charge < -0.3 is 16.1 Å². The summed E-state index contributed by atoms with van der Waals surface area (Å²) in [5.74, 6) is 4.83. The molecule has 0 aromatic carbocycles. The third-order valence-electron chi connectivity index (χ3n) is 2.37. The molecular formula is C12H19N5O2. The molecule has 1 aromatic heterocycles. The number of hydrogen-bond donors (Lipinski definition) is 4. The van der Waals surface area contributed by atoms with E-state index < -0.39 is 0 Å². The first-order chi connectivity index (χ1) is 9.17. The van der Waals surface area contributed by atoms with Crippen LogP contribution in [0.5, 0.6) is 0 Å². The van der Waals surface area contributed by atoms with E-state index in [0.29, 0.717) is 12.2 Å². The number of pyridine rings is 1. The van der Waals surface area contributed by atoms with E-state index in [9.17, 15) is 9.59 Å². The van der Waals surface area contributed by atoms with E-state index in [1.54, 1.807) is 6.07 Å². The number of nitrogens with two attached hydrogens (primary N) is 1. The first-order valence-corrected chi connectivity index (χ1v) is 6.15. The van der Waals surface area contributed by atoms with Gasteiger partial charge in [-0.25, -0.2) is 0 Å². The van der Waals surface area contributed by atoms with Gasteiger partial charge in [-0.05, 0) is 18.6 Å². The average Bonchev–Trinajstić information content (AvgIpc) is 2.45. The Labute approximate surface area is 111 Å². The van der Waals surface area contributed by atoms with Gasteiger partial charge >= 0.3 is 0 Å². The van der Waals surface area contributed by atoms with Crippen LogP contribution in [0.15, 0.2) is 18.3 Å². The number of carbonyl (C=O) groups excluding carboxylic acids is 2. The highest BCUT2D eigenvalue weighted by atomic mass is 16.2. The van der Waals surface area contributed by atoms with Crippen LogP contribution in [0.2, 0.25) is 0 Å². The summed E-state index contributed by atoms with van der Waals surface area (Å²) in [7, 11) is 0. The maximum Gasteiger partial charge on any atom is 0.269 e. The van der Waals surface area contributed by atoms with Crippen LogP contribution < -0.4 is 21.9 Å². The lowest BCUT2D eigenvalue weighted by Gasteiger charge is -2.06. The summed E-state index contributed by atoms with van der Waals surface area (Å²) in [4.78, 5) is 27.0. The number of anilines is 1. The van der Waals surface area contributed by atoms with E-state index in [1.807, 2.05) is 6.92 Å². The molecule has 0 fully saturated rings. The molecule has 1 aromatic rings. The molecule has 0 atom stereocenters. The van der Waals surface area contributed by atoms with Crippen LogP contribution in [0.1, 0.15) is 30.3 Å². The zero-order chi connectivity index (χ0) is 14.1. The minimum atomic E-state index is -0.333. The van der Waals surface area contributed by atoms with Crippen molar-refractivity contribution < 1.29 is 9.59 Å². The Morgan fingerprint density at radius 3 is 2.79 bits per heavy atom. The topological polar surface area (TPSA) is 109 Å².